The fraction of sp³-hybridized carbons (Fsp3) is 0.250. The zero-order chi connectivity index (χ0) is 19.0. The molecule has 1 heterocycles. The van der Waals surface area contributed by atoms with E-state index in [0.717, 1.165) is 18.4 Å². The van der Waals surface area contributed by atoms with Crippen LogP contribution in [0.1, 0.15) is 34.5 Å². The van der Waals surface area contributed by atoms with Crippen molar-refractivity contribution >= 4 is 26.9 Å². The summed E-state index contributed by atoms with van der Waals surface area (Å²) >= 11 is 0. The third-order valence-electron chi connectivity index (χ3n) is 4.65. The molecule has 2 aromatic carbocycles. The topological polar surface area (TPSA) is 88.4 Å². The van der Waals surface area contributed by atoms with Gasteiger partial charge in [-0.05, 0) is 43.5 Å². The predicted octanol–water partition coefficient (Wildman–Crippen LogP) is 3.11. The molecule has 1 amide bonds. The van der Waals surface area contributed by atoms with Crippen LogP contribution in [0, 0.1) is 6.92 Å². The van der Waals surface area contributed by atoms with Crippen LogP contribution in [0.2, 0.25) is 0 Å². The first-order chi connectivity index (χ1) is 12.9. The summed E-state index contributed by atoms with van der Waals surface area (Å²) in [6.07, 6.45) is 1.97. The molecule has 1 saturated carbocycles. The van der Waals surface area contributed by atoms with Gasteiger partial charge >= 0.3 is 0 Å². The van der Waals surface area contributed by atoms with E-state index in [1.807, 2.05) is 30.3 Å². The Balaban J connectivity index is 1.60. The molecule has 27 heavy (non-hydrogen) atoms. The molecule has 6 nitrogen and oxygen atoms in total. The highest BCUT2D eigenvalue weighted by molar-refractivity contribution is 7.89. The lowest BCUT2D eigenvalue weighted by Crippen LogP contribution is -2.25. The van der Waals surface area contributed by atoms with E-state index in [-0.39, 0.29) is 29.1 Å². The van der Waals surface area contributed by atoms with Crippen LogP contribution in [-0.4, -0.2) is 20.4 Å². The third kappa shape index (κ3) is 3.74. The van der Waals surface area contributed by atoms with Gasteiger partial charge in [0, 0.05) is 23.5 Å². The summed E-state index contributed by atoms with van der Waals surface area (Å²) in [5.74, 6) is -0.0125. The van der Waals surface area contributed by atoms with E-state index in [0.29, 0.717) is 16.5 Å². The number of carbonyl (C=O) groups excluding carboxylic acids is 1. The minimum atomic E-state index is -3.68. The van der Waals surface area contributed by atoms with Crippen molar-refractivity contribution < 1.29 is 17.6 Å². The van der Waals surface area contributed by atoms with Gasteiger partial charge in [-0.3, -0.25) is 4.79 Å². The maximum absolute atomic E-state index is 12.6. The number of sulfonamides is 1. The highest BCUT2D eigenvalue weighted by Gasteiger charge is 2.27. The number of fused-ring (bicyclic) bond motifs is 1. The van der Waals surface area contributed by atoms with Crippen LogP contribution in [0.4, 0.5) is 0 Å². The van der Waals surface area contributed by atoms with E-state index in [1.165, 1.54) is 6.07 Å². The third-order valence-corrected chi connectivity index (χ3v) is 6.04. The Morgan fingerprint density at radius 2 is 1.89 bits per heavy atom. The molecule has 3 aromatic rings. The SMILES string of the molecule is Cc1c(C(=O)NC2CC2)oc2ccc(S(=O)(=O)NCc3ccccc3)cc12. The predicted molar refractivity (Wildman–Crippen MR) is 102 cm³/mol. The smallest absolute Gasteiger partial charge is 0.287 e. The van der Waals surface area contributed by atoms with E-state index >= 15 is 0 Å². The van der Waals surface area contributed by atoms with Gasteiger partial charge in [0.1, 0.15) is 5.58 Å². The fourth-order valence-corrected chi connectivity index (χ4v) is 3.96. The van der Waals surface area contributed by atoms with Gasteiger partial charge < -0.3 is 9.73 Å². The standard InChI is InChI=1S/C20H20N2O4S/c1-13-17-11-16(27(24,25)21-12-14-5-3-2-4-6-14)9-10-18(17)26-19(13)20(23)22-15-7-8-15/h2-6,9-11,15,21H,7-8,12H2,1H3,(H,22,23). The number of benzene rings is 2. The molecule has 0 spiro atoms. The first-order valence-corrected chi connectivity index (χ1v) is 10.3. The Bertz CT molecular complexity index is 1100. The molecule has 1 fully saturated rings. The molecule has 1 aliphatic rings. The first kappa shape index (κ1) is 17.8. The van der Waals surface area contributed by atoms with Crippen LogP contribution < -0.4 is 10.0 Å². The van der Waals surface area contributed by atoms with Crippen molar-refractivity contribution in [1.82, 2.24) is 10.0 Å². The highest BCUT2D eigenvalue weighted by Crippen LogP contribution is 2.29. The monoisotopic (exact) mass is 384 g/mol. The molecule has 0 atom stereocenters. The van der Waals surface area contributed by atoms with E-state index < -0.39 is 10.0 Å². The van der Waals surface area contributed by atoms with Crippen molar-refractivity contribution in [2.45, 2.75) is 37.2 Å². The summed E-state index contributed by atoms with van der Waals surface area (Å²) in [5.41, 5.74) is 2.01. The normalized spacial score (nSPS) is 14.4. The van der Waals surface area contributed by atoms with Crippen molar-refractivity contribution in [2.24, 2.45) is 0 Å². The number of rotatable bonds is 6. The number of amides is 1. The molecule has 2 N–H and O–H groups in total. The average molecular weight is 384 g/mol. The number of aryl methyl sites for hydroxylation is 1. The van der Waals surface area contributed by atoms with Gasteiger partial charge in [-0.2, -0.15) is 0 Å². The van der Waals surface area contributed by atoms with Crippen molar-refractivity contribution in [3.8, 4) is 0 Å². The molecule has 0 aliphatic heterocycles. The van der Waals surface area contributed by atoms with Gasteiger partial charge in [-0.15, -0.1) is 0 Å². The van der Waals surface area contributed by atoms with E-state index in [1.54, 1.807) is 19.1 Å². The molecule has 0 unspecified atom stereocenters. The largest absolute Gasteiger partial charge is 0.451 e. The quantitative estimate of drug-likeness (QED) is 0.683. The Hall–Kier alpha value is -2.64. The van der Waals surface area contributed by atoms with Gasteiger partial charge in [-0.25, -0.2) is 13.1 Å². The zero-order valence-corrected chi connectivity index (χ0v) is 15.7. The van der Waals surface area contributed by atoms with Crippen molar-refractivity contribution in [3.05, 3.63) is 65.4 Å². The Morgan fingerprint density at radius 3 is 2.59 bits per heavy atom. The fourth-order valence-electron chi connectivity index (χ4n) is 2.92. The second-order valence-corrected chi connectivity index (χ2v) is 8.54. The second kappa shape index (κ2) is 6.83. The van der Waals surface area contributed by atoms with E-state index in [9.17, 15) is 13.2 Å². The lowest BCUT2D eigenvalue weighted by atomic mass is 10.1. The maximum Gasteiger partial charge on any atom is 0.287 e. The molecule has 0 saturated heterocycles. The zero-order valence-electron chi connectivity index (χ0n) is 14.9. The molecule has 0 radical (unpaired) electrons. The van der Waals surface area contributed by atoms with Crippen LogP contribution in [-0.2, 0) is 16.6 Å². The lowest BCUT2D eigenvalue weighted by Gasteiger charge is -2.07. The summed E-state index contributed by atoms with van der Waals surface area (Å²) in [6.45, 7) is 1.97. The number of carbonyl (C=O) groups is 1. The summed E-state index contributed by atoms with van der Waals surface area (Å²) in [7, 11) is -3.68. The molecule has 4 rings (SSSR count). The van der Waals surface area contributed by atoms with Crippen LogP contribution in [0.15, 0.2) is 57.8 Å². The maximum atomic E-state index is 12.6. The van der Waals surface area contributed by atoms with Gasteiger partial charge in [0.2, 0.25) is 10.0 Å². The second-order valence-electron chi connectivity index (χ2n) is 6.77. The minimum absolute atomic E-state index is 0.143. The highest BCUT2D eigenvalue weighted by atomic mass is 32.2. The lowest BCUT2D eigenvalue weighted by molar-refractivity contribution is 0.0924. The average Bonchev–Trinajstić information content (AvgIpc) is 3.42. The number of furan rings is 1. The van der Waals surface area contributed by atoms with Crippen molar-refractivity contribution in [1.29, 1.82) is 0 Å². The number of hydrogen-bond acceptors (Lipinski definition) is 4. The molecule has 0 bridgehead atoms. The van der Waals surface area contributed by atoms with Crippen LogP contribution in [0.3, 0.4) is 0 Å². The Morgan fingerprint density at radius 1 is 1.15 bits per heavy atom. The summed E-state index contributed by atoms with van der Waals surface area (Å²) in [5, 5.41) is 3.52. The van der Waals surface area contributed by atoms with Crippen LogP contribution in [0.25, 0.3) is 11.0 Å². The molecule has 1 aromatic heterocycles. The van der Waals surface area contributed by atoms with Crippen molar-refractivity contribution in [3.63, 3.8) is 0 Å². The van der Waals surface area contributed by atoms with E-state index in [4.69, 9.17) is 4.42 Å². The molecular weight excluding hydrogens is 364 g/mol. The molecule has 7 heteroatoms. The number of nitrogens with one attached hydrogen (secondary N) is 2. The minimum Gasteiger partial charge on any atom is -0.451 e. The van der Waals surface area contributed by atoms with Crippen LogP contribution in [0.5, 0.6) is 0 Å². The summed E-state index contributed by atoms with van der Waals surface area (Å²) < 4.78 is 33.5. The van der Waals surface area contributed by atoms with Crippen molar-refractivity contribution in [2.75, 3.05) is 0 Å². The van der Waals surface area contributed by atoms with E-state index in [2.05, 4.69) is 10.0 Å². The van der Waals surface area contributed by atoms with Gasteiger partial charge in [0.25, 0.3) is 5.91 Å². The number of hydrogen-bond donors (Lipinski definition) is 2. The van der Waals surface area contributed by atoms with Gasteiger partial charge in [0.15, 0.2) is 5.76 Å². The molecule has 140 valence electrons. The summed E-state index contributed by atoms with van der Waals surface area (Å²) in [4.78, 5) is 12.4. The van der Waals surface area contributed by atoms with Gasteiger partial charge in [0.05, 0.1) is 4.90 Å². The van der Waals surface area contributed by atoms with Crippen LogP contribution >= 0.6 is 0 Å². The first-order valence-electron chi connectivity index (χ1n) is 8.81. The Labute approximate surface area is 157 Å². The Kier molecular flexibility index (Phi) is 4.49. The van der Waals surface area contributed by atoms with Gasteiger partial charge in [-0.1, -0.05) is 30.3 Å². The summed E-state index contributed by atoms with van der Waals surface area (Å²) in [6, 6.07) is 14.2. The molecule has 1 aliphatic carbocycles. The molecular formula is C20H20N2O4S.